The number of rotatable bonds is 3. The Morgan fingerprint density at radius 1 is 1.85 bits per heavy atom. The lowest BCUT2D eigenvalue weighted by molar-refractivity contribution is -0.121. The fraction of sp³-hybridized carbons (Fsp3) is 0.333. The van der Waals surface area contributed by atoms with E-state index in [9.17, 15) is 4.79 Å². The van der Waals surface area contributed by atoms with Crippen molar-refractivity contribution in [1.29, 1.82) is 5.26 Å². The summed E-state index contributed by atoms with van der Waals surface area (Å²) in [5.74, 6) is -0.0993. The number of hydrogen-bond acceptors (Lipinski definition) is 3. The van der Waals surface area contributed by atoms with Crippen molar-refractivity contribution in [2.45, 2.75) is 19.4 Å². The maximum Gasteiger partial charge on any atom is 0.221 e. The standard InChI is InChI=1S/C9H10N2OS/c1-2-9(12)11-8(5-10)7-3-4-13-6-7/h3-4,6,8H,2H2,1H3,(H,11,12). The number of amides is 1. The van der Waals surface area contributed by atoms with E-state index < -0.39 is 6.04 Å². The first kappa shape index (κ1) is 9.75. The second-order valence-corrected chi connectivity index (χ2v) is 3.32. The van der Waals surface area contributed by atoms with Gasteiger partial charge >= 0.3 is 0 Å². The lowest BCUT2D eigenvalue weighted by Gasteiger charge is -2.08. The molecular formula is C9H10N2OS. The van der Waals surface area contributed by atoms with Crippen molar-refractivity contribution in [3.63, 3.8) is 0 Å². The van der Waals surface area contributed by atoms with Crippen LogP contribution >= 0.6 is 11.3 Å². The Balaban J connectivity index is 2.66. The first-order valence-electron chi connectivity index (χ1n) is 3.99. The molecule has 0 aliphatic heterocycles. The Labute approximate surface area is 81.0 Å². The summed E-state index contributed by atoms with van der Waals surface area (Å²) in [7, 11) is 0. The molecule has 0 fully saturated rings. The topological polar surface area (TPSA) is 52.9 Å². The minimum Gasteiger partial charge on any atom is -0.337 e. The molecule has 13 heavy (non-hydrogen) atoms. The van der Waals surface area contributed by atoms with Gasteiger partial charge in [-0.2, -0.15) is 16.6 Å². The van der Waals surface area contributed by atoms with Crippen molar-refractivity contribution >= 4 is 17.2 Å². The predicted octanol–water partition coefficient (Wildman–Crippen LogP) is 1.84. The molecule has 0 bridgehead atoms. The van der Waals surface area contributed by atoms with Crippen LogP contribution < -0.4 is 5.32 Å². The zero-order chi connectivity index (χ0) is 9.68. The van der Waals surface area contributed by atoms with Crippen LogP contribution in [0.4, 0.5) is 0 Å². The summed E-state index contributed by atoms with van der Waals surface area (Å²) in [5, 5.41) is 15.2. The summed E-state index contributed by atoms with van der Waals surface area (Å²) in [6, 6.07) is 3.38. The van der Waals surface area contributed by atoms with E-state index in [1.807, 2.05) is 22.9 Å². The average molecular weight is 194 g/mol. The van der Waals surface area contributed by atoms with Crippen LogP contribution in [0.3, 0.4) is 0 Å². The Kier molecular flexibility index (Phi) is 3.47. The highest BCUT2D eigenvalue weighted by atomic mass is 32.1. The average Bonchev–Trinajstić information content (AvgIpc) is 2.66. The molecular weight excluding hydrogens is 184 g/mol. The van der Waals surface area contributed by atoms with E-state index in [-0.39, 0.29) is 5.91 Å². The molecule has 0 spiro atoms. The molecule has 0 aliphatic rings. The SMILES string of the molecule is CCC(=O)NC(C#N)c1ccsc1. The highest BCUT2D eigenvalue weighted by Crippen LogP contribution is 2.15. The molecule has 0 aromatic carbocycles. The van der Waals surface area contributed by atoms with Crippen molar-refractivity contribution in [3.8, 4) is 6.07 Å². The lowest BCUT2D eigenvalue weighted by Crippen LogP contribution is -2.26. The van der Waals surface area contributed by atoms with E-state index >= 15 is 0 Å². The summed E-state index contributed by atoms with van der Waals surface area (Å²) in [6.07, 6.45) is 0.405. The number of carbonyl (C=O) groups excluding carboxylic acids is 1. The van der Waals surface area contributed by atoms with Gasteiger partial charge in [0.05, 0.1) is 6.07 Å². The maximum absolute atomic E-state index is 11.0. The van der Waals surface area contributed by atoms with Gasteiger partial charge in [-0.3, -0.25) is 4.79 Å². The Morgan fingerprint density at radius 3 is 3.08 bits per heavy atom. The Morgan fingerprint density at radius 2 is 2.62 bits per heavy atom. The molecule has 1 atom stereocenters. The molecule has 1 aromatic rings. The summed E-state index contributed by atoms with van der Waals surface area (Å²) < 4.78 is 0. The van der Waals surface area contributed by atoms with Gasteiger partial charge in [0.2, 0.25) is 5.91 Å². The minimum atomic E-state index is -0.501. The van der Waals surface area contributed by atoms with Crippen LogP contribution in [-0.2, 0) is 4.79 Å². The molecule has 1 unspecified atom stereocenters. The van der Waals surface area contributed by atoms with Gasteiger partial charge in [-0.25, -0.2) is 0 Å². The third-order valence-corrected chi connectivity index (χ3v) is 2.33. The molecule has 1 rings (SSSR count). The molecule has 1 aromatic heterocycles. The normalized spacial score (nSPS) is 11.7. The van der Waals surface area contributed by atoms with Gasteiger partial charge in [-0.1, -0.05) is 6.92 Å². The van der Waals surface area contributed by atoms with Crippen LogP contribution in [0.1, 0.15) is 24.9 Å². The maximum atomic E-state index is 11.0. The number of nitrogens with one attached hydrogen (secondary N) is 1. The van der Waals surface area contributed by atoms with E-state index in [0.717, 1.165) is 5.56 Å². The predicted molar refractivity (Wildman–Crippen MR) is 51.1 cm³/mol. The van der Waals surface area contributed by atoms with Gasteiger partial charge in [0.25, 0.3) is 0 Å². The van der Waals surface area contributed by atoms with Gasteiger partial charge in [0.1, 0.15) is 6.04 Å². The molecule has 1 amide bonds. The Hall–Kier alpha value is -1.34. The van der Waals surface area contributed by atoms with E-state index in [1.165, 1.54) is 11.3 Å². The first-order chi connectivity index (χ1) is 6.27. The van der Waals surface area contributed by atoms with Gasteiger partial charge in [0, 0.05) is 6.42 Å². The summed E-state index contributed by atoms with van der Waals surface area (Å²) in [4.78, 5) is 11.0. The summed E-state index contributed by atoms with van der Waals surface area (Å²) >= 11 is 1.52. The highest BCUT2D eigenvalue weighted by Gasteiger charge is 2.12. The van der Waals surface area contributed by atoms with Crippen molar-refractivity contribution in [1.82, 2.24) is 5.32 Å². The molecule has 0 saturated heterocycles. The molecule has 0 radical (unpaired) electrons. The second kappa shape index (κ2) is 4.63. The number of carbonyl (C=O) groups is 1. The molecule has 4 heteroatoms. The zero-order valence-corrected chi connectivity index (χ0v) is 8.10. The zero-order valence-electron chi connectivity index (χ0n) is 7.28. The minimum absolute atomic E-state index is 0.0993. The van der Waals surface area contributed by atoms with Gasteiger partial charge in [0.15, 0.2) is 0 Å². The fourth-order valence-corrected chi connectivity index (χ4v) is 1.58. The van der Waals surface area contributed by atoms with Crippen LogP contribution in [0.2, 0.25) is 0 Å². The van der Waals surface area contributed by atoms with Crippen LogP contribution in [0.25, 0.3) is 0 Å². The van der Waals surface area contributed by atoms with Crippen LogP contribution in [0.15, 0.2) is 16.8 Å². The van der Waals surface area contributed by atoms with Crippen molar-refractivity contribution in [2.24, 2.45) is 0 Å². The molecule has 68 valence electrons. The molecule has 0 aliphatic carbocycles. The lowest BCUT2D eigenvalue weighted by atomic mass is 10.2. The molecule has 1 N–H and O–H groups in total. The van der Waals surface area contributed by atoms with Crippen LogP contribution in [0, 0.1) is 11.3 Å². The van der Waals surface area contributed by atoms with Gasteiger partial charge < -0.3 is 5.32 Å². The fourth-order valence-electron chi connectivity index (χ4n) is 0.892. The molecule has 0 saturated carbocycles. The smallest absolute Gasteiger partial charge is 0.221 e. The van der Waals surface area contributed by atoms with Crippen LogP contribution in [-0.4, -0.2) is 5.91 Å². The highest BCUT2D eigenvalue weighted by molar-refractivity contribution is 7.08. The van der Waals surface area contributed by atoms with Crippen molar-refractivity contribution in [2.75, 3.05) is 0 Å². The number of hydrogen-bond donors (Lipinski definition) is 1. The Bertz CT molecular complexity index is 313. The molecule has 1 heterocycles. The van der Waals surface area contributed by atoms with Crippen molar-refractivity contribution < 1.29 is 4.79 Å². The van der Waals surface area contributed by atoms with Gasteiger partial charge in [-0.05, 0) is 22.4 Å². The third kappa shape index (κ3) is 2.56. The number of thiophene rings is 1. The summed E-state index contributed by atoms with van der Waals surface area (Å²) in [6.45, 7) is 1.76. The summed E-state index contributed by atoms with van der Waals surface area (Å²) in [5.41, 5.74) is 0.856. The van der Waals surface area contributed by atoms with E-state index in [1.54, 1.807) is 6.92 Å². The largest absolute Gasteiger partial charge is 0.337 e. The number of nitrogens with zero attached hydrogens (tertiary/aromatic N) is 1. The first-order valence-corrected chi connectivity index (χ1v) is 4.93. The van der Waals surface area contributed by atoms with Gasteiger partial charge in [-0.15, -0.1) is 0 Å². The third-order valence-electron chi connectivity index (χ3n) is 1.63. The number of nitriles is 1. The van der Waals surface area contributed by atoms with Crippen molar-refractivity contribution in [3.05, 3.63) is 22.4 Å². The van der Waals surface area contributed by atoms with Crippen LogP contribution in [0.5, 0.6) is 0 Å². The van der Waals surface area contributed by atoms with E-state index in [2.05, 4.69) is 5.32 Å². The van der Waals surface area contributed by atoms with E-state index in [0.29, 0.717) is 6.42 Å². The second-order valence-electron chi connectivity index (χ2n) is 2.54. The van der Waals surface area contributed by atoms with E-state index in [4.69, 9.17) is 5.26 Å². The monoisotopic (exact) mass is 194 g/mol. The quantitative estimate of drug-likeness (QED) is 0.798. The molecule has 3 nitrogen and oxygen atoms in total.